The Morgan fingerprint density at radius 2 is 1.35 bits per heavy atom. The first-order valence-corrected chi connectivity index (χ1v) is 12.6. The minimum Gasteiger partial charge on any atom is -0.368 e. The maximum absolute atomic E-state index is 7.47. The van der Waals surface area contributed by atoms with Crippen LogP contribution in [0, 0.1) is 27.7 Å². The number of hydrogen-bond acceptors (Lipinski definition) is 1. The minimum atomic E-state index is -0.457. The van der Waals surface area contributed by atoms with Crippen molar-refractivity contribution in [1.82, 2.24) is 0 Å². The zero-order valence-electron chi connectivity index (χ0n) is 20.7. The molecule has 0 bridgehead atoms. The van der Waals surface area contributed by atoms with E-state index < -0.39 is 5.60 Å². The molecule has 34 heavy (non-hydrogen) atoms. The Balaban J connectivity index is 1.61. The molecular weight excluding hydrogens is 413 g/mol. The molecule has 2 atom stereocenters. The standard InChI is InChI=1S/C31H32BNO/c1-21-15-22(2)18-26(17-21)31(27-19-23(3)16-24(4)20-27)30-13-8-14-33(30)32(34-31)29-12-7-10-25-9-5-6-11-28(25)29/h5-7,9-12,15-20,30H,8,13-14H2,1-4H3/p+1/t30-/m0/s1. The van der Waals surface area contributed by atoms with Crippen LogP contribution in [-0.4, -0.2) is 19.6 Å². The maximum Gasteiger partial charge on any atom is 0.611 e. The van der Waals surface area contributed by atoms with Gasteiger partial charge in [0.1, 0.15) is 6.04 Å². The van der Waals surface area contributed by atoms with Crippen LogP contribution in [0.5, 0.6) is 0 Å². The number of aryl methyl sites for hydroxylation is 4. The van der Waals surface area contributed by atoms with Crippen molar-refractivity contribution in [3.05, 3.63) is 112 Å². The molecule has 0 saturated carbocycles. The Bertz CT molecular complexity index is 1300. The first-order valence-electron chi connectivity index (χ1n) is 12.6. The summed E-state index contributed by atoms with van der Waals surface area (Å²) in [6, 6.07) is 29.8. The van der Waals surface area contributed by atoms with Crippen LogP contribution in [0.2, 0.25) is 0 Å². The summed E-state index contributed by atoms with van der Waals surface area (Å²) in [5.41, 5.74) is 8.68. The third-order valence-electron chi connectivity index (χ3n) is 7.94. The number of hydrogen-bond donors (Lipinski definition) is 1. The lowest BCUT2D eigenvalue weighted by Gasteiger charge is -2.34. The summed E-state index contributed by atoms with van der Waals surface area (Å²) in [5, 5.41) is 2.60. The fraction of sp³-hybridized carbons (Fsp3) is 0.290. The smallest absolute Gasteiger partial charge is 0.368 e. The highest BCUT2D eigenvalue weighted by Crippen LogP contribution is 2.43. The predicted octanol–water partition coefficient (Wildman–Crippen LogP) is 4.79. The van der Waals surface area contributed by atoms with Crippen molar-refractivity contribution in [3.63, 3.8) is 0 Å². The van der Waals surface area contributed by atoms with Crippen molar-refractivity contribution < 1.29 is 9.47 Å². The molecule has 170 valence electrons. The Morgan fingerprint density at radius 3 is 2.00 bits per heavy atom. The van der Waals surface area contributed by atoms with E-state index in [1.165, 1.54) is 62.5 Å². The summed E-state index contributed by atoms with van der Waals surface area (Å²) in [6.45, 7) is 9.99. The van der Waals surface area contributed by atoms with Crippen molar-refractivity contribution in [2.45, 2.75) is 52.2 Å². The van der Waals surface area contributed by atoms with E-state index in [1.54, 1.807) is 4.81 Å². The van der Waals surface area contributed by atoms with Gasteiger partial charge in [0.15, 0.2) is 5.60 Å². The number of benzene rings is 4. The fourth-order valence-electron chi connectivity index (χ4n) is 6.82. The van der Waals surface area contributed by atoms with Gasteiger partial charge >= 0.3 is 7.05 Å². The molecule has 2 aliphatic rings. The molecule has 2 aliphatic heterocycles. The molecule has 6 rings (SSSR count). The number of fused-ring (bicyclic) bond motifs is 2. The SMILES string of the molecule is Cc1cc(C)cc(C2(c3cc(C)cc(C)c3)OB(c3cccc4ccccc34)[NH+]3CCC[C@H]32)c1. The first-order chi connectivity index (χ1) is 16.5. The quantitative estimate of drug-likeness (QED) is 0.447. The van der Waals surface area contributed by atoms with Gasteiger partial charge in [0.2, 0.25) is 0 Å². The zero-order chi connectivity index (χ0) is 23.4. The van der Waals surface area contributed by atoms with E-state index >= 15 is 0 Å². The second kappa shape index (κ2) is 8.11. The largest absolute Gasteiger partial charge is 0.611 e. The van der Waals surface area contributed by atoms with Crippen LogP contribution in [0.4, 0.5) is 0 Å². The molecule has 4 aromatic carbocycles. The zero-order valence-corrected chi connectivity index (χ0v) is 20.7. The highest BCUT2D eigenvalue weighted by atomic mass is 16.5. The fourth-order valence-corrected chi connectivity index (χ4v) is 6.82. The second-order valence-electron chi connectivity index (χ2n) is 10.6. The van der Waals surface area contributed by atoms with Crippen molar-refractivity contribution >= 4 is 23.3 Å². The molecule has 4 aromatic rings. The van der Waals surface area contributed by atoms with Gasteiger partial charge in [0.25, 0.3) is 0 Å². The molecule has 0 aliphatic carbocycles. The molecule has 2 fully saturated rings. The molecule has 0 aromatic heterocycles. The minimum absolute atomic E-state index is 0.0141. The summed E-state index contributed by atoms with van der Waals surface area (Å²) < 4.78 is 7.47. The molecule has 0 spiro atoms. The first kappa shape index (κ1) is 21.6. The van der Waals surface area contributed by atoms with Gasteiger partial charge in [-0.1, -0.05) is 101 Å². The second-order valence-corrected chi connectivity index (χ2v) is 10.6. The van der Waals surface area contributed by atoms with Crippen LogP contribution >= 0.6 is 0 Å². The summed E-state index contributed by atoms with van der Waals surface area (Å²) in [4.78, 5) is 1.58. The van der Waals surface area contributed by atoms with E-state index in [0.717, 1.165) is 6.54 Å². The van der Waals surface area contributed by atoms with Crippen LogP contribution in [0.1, 0.15) is 46.2 Å². The van der Waals surface area contributed by atoms with E-state index in [9.17, 15) is 0 Å². The molecule has 2 heterocycles. The Labute approximate surface area is 203 Å². The van der Waals surface area contributed by atoms with Crippen LogP contribution in [0.25, 0.3) is 10.8 Å². The summed E-state index contributed by atoms with van der Waals surface area (Å²) >= 11 is 0. The van der Waals surface area contributed by atoms with Gasteiger partial charge in [-0.15, -0.1) is 0 Å². The van der Waals surface area contributed by atoms with Gasteiger partial charge in [-0.2, -0.15) is 0 Å². The van der Waals surface area contributed by atoms with E-state index in [1.807, 2.05) is 0 Å². The van der Waals surface area contributed by atoms with Crippen molar-refractivity contribution in [1.29, 1.82) is 0 Å². The third kappa shape index (κ3) is 3.33. The molecular formula is C31H33BNO+. The maximum atomic E-state index is 7.47. The van der Waals surface area contributed by atoms with E-state index in [0.29, 0.717) is 6.04 Å². The Kier molecular flexibility index (Phi) is 5.16. The van der Waals surface area contributed by atoms with E-state index in [4.69, 9.17) is 4.65 Å². The lowest BCUT2D eigenvalue weighted by atomic mass is 9.70. The molecule has 0 radical (unpaired) electrons. The van der Waals surface area contributed by atoms with Crippen LogP contribution in [-0.2, 0) is 10.3 Å². The van der Waals surface area contributed by atoms with Crippen LogP contribution in [0.3, 0.4) is 0 Å². The van der Waals surface area contributed by atoms with Gasteiger partial charge < -0.3 is 9.47 Å². The summed E-state index contributed by atoms with van der Waals surface area (Å²) in [7, 11) is 0.0141. The van der Waals surface area contributed by atoms with Crippen LogP contribution in [0.15, 0.2) is 78.9 Å². The Morgan fingerprint density at radius 1 is 0.765 bits per heavy atom. The molecule has 1 unspecified atom stereocenters. The van der Waals surface area contributed by atoms with E-state index in [-0.39, 0.29) is 7.05 Å². The lowest BCUT2D eigenvalue weighted by Crippen LogP contribution is -3.19. The topological polar surface area (TPSA) is 13.7 Å². The van der Waals surface area contributed by atoms with Gasteiger partial charge in [-0.25, -0.2) is 0 Å². The Hall–Kier alpha value is -2.88. The van der Waals surface area contributed by atoms with Crippen molar-refractivity contribution in [3.8, 4) is 0 Å². The average Bonchev–Trinajstić information content (AvgIpc) is 3.40. The van der Waals surface area contributed by atoms with E-state index in [2.05, 4.69) is 107 Å². The number of rotatable bonds is 3. The third-order valence-corrected chi connectivity index (χ3v) is 7.94. The molecule has 2 nitrogen and oxygen atoms in total. The molecule has 3 heteroatoms. The molecule has 2 saturated heterocycles. The summed E-state index contributed by atoms with van der Waals surface area (Å²) in [6.07, 6.45) is 2.42. The van der Waals surface area contributed by atoms with Gasteiger partial charge in [-0.05, 0) is 49.6 Å². The predicted molar refractivity (Wildman–Crippen MR) is 142 cm³/mol. The average molecular weight is 446 g/mol. The molecule has 0 amide bonds. The molecule has 1 N–H and O–H groups in total. The van der Waals surface area contributed by atoms with Gasteiger partial charge in [-0.3, -0.25) is 0 Å². The highest BCUT2D eigenvalue weighted by Gasteiger charge is 2.64. The monoisotopic (exact) mass is 446 g/mol. The van der Waals surface area contributed by atoms with Gasteiger partial charge in [0.05, 0.1) is 6.54 Å². The van der Waals surface area contributed by atoms with Crippen LogP contribution < -0.4 is 10.3 Å². The number of quaternary nitrogens is 1. The normalized spacial score (nSPS) is 21.2. The summed E-state index contributed by atoms with van der Waals surface area (Å²) in [5.74, 6) is 0. The van der Waals surface area contributed by atoms with Crippen molar-refractivity contribution in [2.24, 2.45) is 0 Å². The lowest BCUT2D eigenvalue weighted by molar-refractivity contribution is -0.799. The highest BCUT2D eigenvalue weighted by molar-refractivity contribution is 6.63. The number of nitrogens with one attached hydrogen (secondary N) is 1. The van der Waals surface area contributed by atoms with Gasteiger partial charge in [0, 0.05) is 18.3 Å². The van der Waals surface area contributed by atoms with Crippen molar-refractivity contribution in [2.75, 3.05) is 6.54 Å².